The number of ether oxygens (including phenoxy) is 2. The molecule has 0 aromatic heterocycles. The highest BCUT2D eigenvalue weighted by Crippen LogP contribution is 2.35. The summed E-state index contributed by atoms with van der Waals surface area (Å²) in [6.07, 6.45) is 0. The molecule has 2 amide bonds. The smallest absolute Gasteiger partial charge is 0.255 e. The molecule has 6 aromatic carbocycles. The van der Waals surface area contributed by atoms with Crippen LogP contribution in [0.3, 0.4) is 0 Å². The first kappa shape index (κ1) is 33.1. The zero-order valence-electron chi connectivity index (χ0n) is 27.3. The lowest BCUT2D eigenvalue weighted by molar-refractivity contribution is 0.101. The van der Waals surface area contributed by atoms with Gasteiger partial charge in [-0.05, 0) is 59.7 Å². The first-order chi connectivity index (χ1) is 24.3. The van der Waals surface area contributed by atoms with Crippen LogP contribution in [0.4, 0.5) is 11.4 Å². The molecule has 0 aliphatic rings. The second-order valence-electron chi connectivity index (χ2n) is 11.3. The van der Waals surface area contributed by atoms with Gasteiger partial charge in [0.05, 0.1) is 25.6 Å². The van der Waals surface area contributed by atoms with Crippen molar-refractivity contribution in [2.24, 2.45) is 0 Å². The van der Waals surface area contributed by atoms with Crippen LogP contribution in [-0.2, 0) is 0 Å². The van der Waals surface area contributed by atoms with Crippen molar-refractivity contribution in [3.05, 3.63) is 179 Å². The maximum Gasteiger partial charge on any atom is 0.255 e. The Hall–Kier alpha value is -6.80. The molecule has 0 aliphatic heterocycles. The maximum absolute atomic E-state index is 13.1. The number of nitrogens with one attached hydrogen (secondary N) is 2. The van der Waals surface area contributed by atoms with Crippen molar-refractivity contribution in [2.75, 3.05) is 24.9 Å². The summed E-state index contributed by atoms with van der Waals surface area (Å²) in [6.45, 7) is 0. The lowest BCUT2D eigenvalue weighted by Crippen LogP contribution is -2.13. The number of rotatable bonds is 11. The Morgan fingerprint density at radius 2 is 0.720 bits per heavy atom. The molecule has 0 fully saturated rings. The topological polar surface area (TPSA) is 111 Å². The van der Waals surface area contributed by atoms with Crippen LogP contribution in [0.2, 0.25) is 0 Å². The normalized spacial score (nSPS) is 10.5. The number of benzene rings is 6. The monoisotopic (exact) mass is 660 g/mol. The van der Waals surface area contributed by atoms with E-state index in [-0.39, 0.29) is 23.4 Å². The van der Waals surface area contributed by atoms with E-state index in [1.807, 2.05) is 24.3 Å². The number of amides is 2. The van der Waals surface area contributed by atoms with E-state index in [9.17, 15) is 19.2 Å². The minimum Gasteiger partial charge on any atom is -0.495 e. The molecule has 50 heavy (non-hydrogen) atoms. The summed E-state index contributed by atoms with van der Waals surface area (Å²) in [7, 11) is 3.03. The molecular weight excluding hydrogens is 628 g/mol. The predicted molar refractivity (Wildman–Crippen MR) is 194 cm³/mol. The zero-order chi connectivity index (χ0) is 35.0. The molecule has 0 bridgehead atoms. The maximum atomic E-state index is 13.1. The Kier molecular flexibility index (Phi) is 9.91. The quantitative estimate of drug-likeness (QED) is 0.135. The van der Waals surface area contributed by atoms with Crippen molar-refractivity contribution in [2.45, 2.75) is 0 Å². The third kappa shape index (κ3) is 7.35. The first-order valence-electron chi connectivity index (χ1n) is 15.7. The van der Waals surface area contributed by atoms with E-state index in [0.717, 1.165) is 11.1 Å². The van der Waals surface area contributed by atoms with Gasteiger partial charge >= 0.3 is 0 Å². The van der Waals surface area contributed by atoms with Crippen LogP contribution in [0, 0.1) is 0 Å². The molecule has 0 radical (unpaired) electrons. The molecule has 246 valence electrons. The van der Waals surface area contributed by atoms with Crippen molar-refractivity contribution in [1.29, 1.82) is 0 Å². The van der Waals surface area contributed by atoms with Gasteiger partial charge < -0.3 is 20.1 Å². The van der Waals surface area contributed by atoms with Gasteiger partial charge in [0.25, 0.3) is 11.8 Å². The van der Waals surface area contributed by atoms with E-state index in [2.05, 4.69) is 10.6 Å². The SMILES string of the molecule is COc1cc(-c2ccc(NC(=O)c3ccc(C(=O)c4ccccc4)cc3)c(OC)c2)ccc1NC(=O)c1ccc(C(=O)c2ccccc2)cc1. The van der Waals surface area contributed by atoms with Gasteiger partial charge in [-0.25, -0.2) is 0 Å². The van der Waals surface area contributed by atoms with Crippen LogP contribution in [0.1, 0.15) is 52.6 Å². The Morgan fingerprint density at radius 3 is 1.06 bits per heavy atom. The molecule has 6 aromatic rings. The molecule has 0 heterocycles. The lowest BCUT2D eigenvalue weighted by atomic mass is 10.0. The molecule has 0 spiro atoms. The molecule has 6 rings (SSSR count). The van der Waals surface area contributed by atoms with Crippen LogP contribution < -0.4 is 20.1 Å². The number of carbonyl (C=O) groups is 4. The van der Waals surface area contributed by atoms with E-state index < -0.39 is 0 Å². The highest BCUT2D eigenvalue weighted by molar-refractivity contribution is 6.11. The van der Waals surface area contributed by atoms with Crippen molar-refractivity contribution in [3.8, 4) is 22.6 Å². The number of methoxy groups -OCH3 is 2. The van der Waals surface area contributed by atoms with Gasteiger partial charge in [0.15, 0.2) is 11.6 Å². The molecule has 8 nitrogen and oxygen atoms in total. The second-order valence-corrected chi connectivity index (χ2v) is 11.3. The van der Waals surface area contributed by atoms with E-state index in [4.69, 9.17) is 9.47 Å². The molecule has 0 saturated carbocycles. The largest absolute Gasteiger partial charge is 0.495 e. The highest BCUT2D eigenvalue weighted by atomic mass is 16.5. The van der Waals surface area contributed by atoms with Crippen LogP contribution >= 0.6 is 0 Å². The predicted octanol–water partition coefficient (Wildman–Crippen LogP) is 8.34. The molecule has 2 N–H and O–H groups in total. The minimum absolute atomic E-state index is 0.120. The van der Waals surface area contributed by atoms with Gasteiger partial charge in [-0.1, -0.05) is 97.1 Å². The zero-order valence-corrected chi connectivity index (χ0v) is 27.3. The fourth-order valence-electron chi connectivity index (χ4n) is 5.40. The van der Waals surface area contributed by atoms with E-state index in [1.54, 1.807) is 121 Å². The summed E-state index contributed by atoms with van der Waals surface area (Å²) >= 11 is 0. The van der Waals surface area contributed by atoms with Gasteiger partial charge in [0.1, 0.15) is 11.5 Å². The summed E-state index contributed by atoms with van der Waals surface area (Å²) in [5.41, 5.74) is 5.43. The van der Waals surface area contributed by atoms with Crippen molar-refractivity contribution in [3.63, 3.8) is 0 Å². The second kappa shape index (κ2) is 15.0. The minimum atomic E-state index is -0.353. The number of hydrogen-bond donors (Lipinski definition) is 2. The summed E-state index contributed by atoms with van der Waals surface area (Å²) in [6, 6.07) is 41.7. The fraction of sp³-hybridized carbons (Fsp3) is 0.0476. The third-order valence-corrected chi connectivity index (χ3v) is 8.12. The highest BCUT2D eigenvalue weighted by Gasteiger charge is 2.16. The van der Waals surface area contributed by atoms with Crippen LogP contribution in [0.25, 0.3) is 11.1 Å². The number of carbonyl (C=O) groups excluding carboxylic acids is 4. The average Bonchev–Trinajstić information content (AvgIpc) is 3.18. The van der Waals surface area contributed by atoms with Crippen molar-refractivity contribution >= 4 is 34.8 Å². The standard InChI is InChI=1S/C42H32N2O6/c1-49-37-25-33(21-23-35(37)43-41(47)31-17-13-29(14-18-31)39(45)27-9-5-3-6-10-27)34-22-24-36(38(26-34)50-2)44-42(48)32-19-15-30(16-20-32)40(46)28-11-7-4-8-12-28/h3-26H,1-2H3,(H,43,47)(H,44,48). The number of anilines is 2. The molecule has 0 saturated heterocycles. The van der Waals surface area contributed by atoms with E-state index >= 15 is 0 Å². The molecule has 8 heteroatoms. The van der Waals surface area contributed by atoms with Gasteiger partial charge in [-0.3, -0.25) is 19.2 Å². The molecular formula is C42H32N2O6. The Balaban J connectivity index is 1.13. The summed E-state index contributed by atoms with van der Waals surface area (Å²) < 4.78 is 11.2. The Bertz CT molecular complexity index is 2020. The first-order valence-corrected chi connectivity index (χ1v) is 15.7. The number of hydrogen-bond acceptors (Lipinski definition) is 6. The van der Waals surface area contributed by atoms with Gasteiger partial charge in [-0.15, -0.1) is 0 Å². The average molecular weight is 661 g/mol. The summed E-state index contributed by atoms with van der Waals surface area (Å²) in [5.74, 6) is -0.0625. The van der Waals surface area contributed by atoms with Gasteiger partial charge in [-0.2, -0.15) is 0 Å². The lowest BCUT2D eigenvalue weighted by Gasteiger charge is -2.15. The fourth-order valence-corrected chi connectivity index (χ4v) is 5.40. The van der Waals surface area contributed by atoms with Gasteiger partial charge in [0.2, 0.25) is 0 Å². The Morgan fingerprint density at radius 1 is 0.400 bits per heavy atom. The molecule has 0 aliphatic carbocycles. The Labute approximate surface area is 289 Å². The molecule has 0 atom stereocenters. The van der Waals surface area contributed by atoms with Crippen LogP contribution in [0.15, 0.2) is 146 Å². The summed E-state index contributed by atoms with van der Waals surface area (Å²) in [4.78, 5) is 51.6. The van der Waals surface area contributed by atoms with Gasteiger partial charge in [0, 0.05) is 33.4 Å². The van der Waals surface area contributed by atoms with Crippen molar-refractivity contribution < 1.29 is 28.7 Å². The summed E-state index contributed by atoms with van der Waals surface area (Å²) in [5, 5.41) is 5.77. The number of ketones is 2. The third-order valence-electron chi connectivity index (χ3n) is 8.12. The molecule has 0 unspecified atom stereocenters. The van der Waals surface area contributed by atoms with E-state index in [0.29, 0.717) is 56.3 Å². The van der Waals surface area contributed by atoms with Crippen LogP contribution in [0.5, 0.6) is 11.5 Å². The van der Waals surface area contributed by atoms with E-state index in [1.165, 1.54) is 14.2 Å². The van der Waals surface area contributed by atoms with Crippen molar-refractivity contribution in [1.82, 2.24) is 0 Å². The van der Waals surface area contributed by atoms with Crippen LogP contribution in [-0.4, -0.2) is 37.6 Å².